The molecule has 2 aromatic heterocycles. The number of carbonyl (C=O) groups is 1. The van der Waals surface area contributed by atoms with Crippen LogP contribution >= 0.6 is 11.8 Å². The average molecular weight is 307 g/mol. The van der Waals surface area contributed by atoms with E-state index in [1.54, 1.807) is 25.6 Å². The van der Waals surface area contributed by atoms with E-state index in [9.17, 15) is 9.59 Å². The van der Waals surface area contributed by atoms with Crippen molar-refractivity contribution in [2.24, 2.45) is 0 Å². The zero-order valence-corrected chi connectivity index (χ0v) is 12.9. The minimum atomic E-state index is -0.452. The van der Waals surface area contributed by atoms with Crippen LogP contribution in [0.15, 0.2) is 22.2 Å². The lowest BCUT2D eigenvalue weighted by Gasteiger charge is -2.16. The van der Waals surface area contributed by atoms with E-state index in [1.807, 2.05) is 6.92 Å². The molecular weight excluding hydrogens is 290 g/mol. The van der Waals surface area contributed by atoms with Crippen molar-refractivity contribution in [1.29, 1.82) is 0 Å². The van der Waals surface area contributed by atoms with E-state index in [-0.39, 0.29) is 11.9 Å². The molecule has 7 nitrogen and oxygen atoms in total. The van der Waals surface area contributed by atoms with Crippen LogP contribution < -0.4 is 11.0 Å². The van der Waals surface area contributed by atoms with Crippen LogP contribution in [0.4, 0.5) is 0 Å². The topological polar surface area (TPSA) is 104 Å². The maximum Gasteiger partial charge on any atom is 0.346 e. The summed E-state index contributed by atoms with van der Waals surface area (Å²) in [5, 5.41) is 3.33. The number of hydrogen-bond acceptors (Lipinski definition) is 5. The minimum absolute atomic E-state index is 0.214. The van der Waals surface area contributed by atoms with Gasteiger partial charge in [0.1, 0.15) is 10.9 Å². The van der Waals surface area contributed by atoms with Gasteiger partial charge in [-0.3, -0.25) is 4.79 Å². The van der Waals surface area contributed by atoms with Gasteiger partial charge in [-0.25, -0.2) is 9.78 Å². The molecule has 0 aromatic carbocycles. The monoisotopic (exact) mass is 307 g/mol. The van der Waals surface area contributed by atoms with Crippen molar-refractivity contribution in [2.75, 3.05) is 6.26 Å². The summed E-state index contributed by atoms with van der Waals surface area (Å²) < 4.78 is 0. The summed E-state index contributed by atoms with van der Waals surface area (Å²) in [7, 11) is 0. The highest BCUT2D eigenvalue weighted by Crippen LogP contribution is 2.20. The molecule has 0 aliphatic heterocycles. The van der Waals surface area contributed by atoms with Gasteiger partial charge in [-0.15, -0.1) is 11.8 Å². The fraction of sp³-hybridized carbons (Fsp3) is 0.385. The van der Waals surface area contributed by atoms with Gasteiger partial charge in [0.25, 0.3) is 5.91 Å². The van der Waals surface area contributed by atoms with Crippen LogP contribution in [0.3, 0.4) is 0 Å². The highest BCUT2D eigenvalue weighted by Gasteiger charge is 2.21. The highest BCUT2D eigenvalue weighted by molar-refractivity contribution is 7.98. The van der Waals surface area contributed by atoms with Crippen molar-refractivity contribution in [3.8, 4) is 0 Å². The van der Waals surface area contributed by atoms with E-state index < -0.39 is 5.69 Å². The number of aryl methyl sites for hydroxylation is 1. The highest BCUT2D eigenvalue weighted by atomic mass is 32.2. The maximum atomic E-state index is 12.5. The third-order valence-corrected chi connectivity index (χ3v) is 3.75. The quantitative estimate of drug-likeness (QED) is 0.572. The van der Waals surface area contributed by atoms with Crippen LogP contribution in [-0.4, -0.2) is 32.1 Å². The Hall–Kier alpha value is -2.09. The number of thioether (sulfide) groups is 1. The van der Waals surface area contributed by atoms with E-state index >= 15 is 0 Å². The van der Waals surface area contributed by atoms with Gasteiger partial charge in [0, 0.05) is 18.1 Å². The molecule has 0 saturated carbocycles. The van der Waals surface area contributed by atoms with E-state index in [4.69, 9.17) is 0 Å². The molecule has 8 heteroatoms. The molecule has 0 saturated heterocycles. The number of amides is 1. The summed E-state index contributed by atoms with van der Waals surface area (Å²) in [6.07, 6.45) is 5.83. The molecule has 2 aromatic rings. The van der Waals surface area contributed by atoms with Crippen LogP contribution in [0.1, 0.15) is 41.3 Å². The van der Waals surface area contributed by atoms with Gasteiger partial charge in [-0.05, 0) is 19.6 Å². The first-order valence-electron chi connectivity index (χ1n) is 6.51. The molecule has 3 N–H and O–H groups in total. The molecule has 2 heterocycles. The number of nitrogens with one attached hydrogen (secondary N) is 3. The van der Waals surface area contributed by atoms with Crippen molar-refractivity contribution in [2.45, 2.75) is 31.3 Å². The van der Waals surface area contributed by atoms with E-state index in [0.717, 1.165) is 0 Å². The van der Waals surface area contributed by atoms with Crippen LogP contribution in [0.25, 0.3) is 0 Å². The first-order valence-corrected chi connectivity index (χ1v) is 7.74. The minimum Gasteiger partial charge on any atom is -0.347 e. The van der Waals surface area contributed by atoms with Crippen LogP contribution in [0.2, 0.25) is 0 Å². The number of aromatic nitrogens is 4. The molecule has 0 bridgehead atoms. The number of rotatable bonds is 5. The van der Waals surface area contributed by atoms with Crippen LogP contribution in [0, 0.1) is 6.92 Å². The first kappa shape index (κ1) is 15.3. The van der Waals surface area contributed by atoms with Gasteiger partial charge < -0.3 is 15.3 Å². The molecule has 0 spiro atoms. The lowest BCUT2D eigenvalue weighted by Crippen LogP contribution is -2.31. The maximum absolute atomic E-state index is 12.5. The van der Waals surface area contributed by atoms with Crippen LogP contribution in [-0.2, 0) is 0 Å². The molecule has 0 aliphatic carbocycles. The summed E-state index contributed by atoms with van der Waals surface area (Å²) in [4.78, 5) is 37.4. The van der Waals surface area contributed by atoms with E-state index in [0.29, 0.717) is 28.5 Å². The summed E-state index contributed by atoms with van der Waals surface area (Å²) in [6.45, 7) is 3.65. The third kappa shape index (κ3) is 3.33. The van der Waals surface area contributed by atoms with Gasteiger partial charge >= 0.3 is 5.69 Å². The molecule has 1 amide bonds. The lowest BCUT2D eigenvalue weighted by atomic mass is 10.1. The number of carbonyl (C=O) groups excluding carboxylic acids is 1. The third-order valence-electron chi connectivity index (χ3n) is 3.07. The first-order chi connectivity index (χ1) is 10.1. The van der Waals surface area contributed by atoms with Gasteiger partial charge in [0.2, 0.25) is 0 Å². The molecule has 0 radical (unpaired) electrons. The van der Waals surface area contributed by atoms with Crippen LogP contribution in [0.5, 0.6) is 0 Å². The zero-order valence-electron chi connectivity index (χ0n) is 12.1. The fourth-order valence-electron chi connectivity index (χ4n) is 2.04. The lowest BCUT2D eigenvalue weighted by molar-refractivity contribution is 0.0929. The van der Waals surface area contributed by atoms with E-state index in [1.165, 1.54) is 11.8 Å². The Morgan fingerprint density at radius 2 is 2.29 bits per heavy atom. The Morgan fingerprint density at radius 3 is 2.86 bits per heavy atom. The molecular formula is C13H17N5O2S. The zero-order chi connectivity index (χ0) is 15.4. The largest absolute Gasteiger partial charge is 0.347 e. The second-order valence-electron chi connectivity index (χ2n) is 4.46. The number of aromatic amines is 2. The van der Waals surface area contributed by atoms with Crippen molar-refractivity contribution in [3.63, 3.8) is 0 Å². The average Bonchev–Trinajstić information content (AvgIpc) is 2.97. The Balaban J connectivity index is 2.30. The standard InChI is InChI=1S/C13H17N5O2S/c1-4-8(10-14-5-6-15-10)17-11(19)9-7(2)16-13(20)18-12(9)21-3/h5-6,8H,4H2,1-3H3,(H,14,15)(H,17,19)(H,16,18,20). The molecule has 2 rings (SSSR count). The number of hydrogen-bond donors (Lipinski definition) is 3. The molecule has 112 valence electrons. The van der Waals surface area contributed by atoms with E-state index in [2.05, 4.69) is 25.3 Å². The smallest absolute Gasteiger partial charge is 0.346 e. The summed E-state index contributed by atoms with van der Waals surface area (Å²) in [5.41, 5.74) is 0.449. The van der Waals surface area contributed by atoms with Gasteiger partial charge in [-0.1, -0.05) is 6.92 Å². The number of nitrogens with zero attached hydrogens (tertiary/aromatic N) is 2. The van der Waals surface area contributed by atoms with Crippen molar-refractivity contribution in [3.05, 3.63) is 40.0 Å². The second-order valence-corrected chi connectivity index (χ2v) is 5.25. The summed E-state index contributed by atoms with van der Waals surface area (Å²) >= 11 is 1.27. The SMILES string of the molecule is CCC(NC(=O)c1c(SC)nc(=O)[nH]c1C)c1ncc[nH]1. The number of H-pyrrole nitrogens is 2. The Morgan fingerprint density at radius 1 is 1.52 bits per heavy atom. The molecule has 0 aliphatic rings. The van der Waals surface area contributed by atoms with Gasteiger partial charge in [0.15, 0.2) is 0 Å². The Bertz CT molecular complexity index is 680. The summed E-state index contributed by atoms with van der Waals surface area (Å²) in [6, 6.07) is -0.214. The fourth-order valence-corrected chi connectivity index (χ4v) is 2.66. The summed E-state index contributed by atoms with van der Waals surface area (Å²) in [5.74, 6) is 0.426. The predicted octanol–water partition coefficient (Wildman–Crippen LogP) is 1.40. The predicted molar refractivity (Wildman–Crippen MR) is 80.5 cm³/mol. The molecule has 21 heavy (non-hydrogen) atoms. The van der Waals surface area contributed by atoms with Crippen molar-refractivity contribution >= 4 is 17.7 Å². The second kappa shape index (κ2) is 6.57. The Kier molecular flexibility index (Phi) is 4.79. The molecule has 1 unspecified atom stereocenters. The van der Waals surface area contributed by atoms with Crippen molar-refractivity contribution in [1.82, 2.24) is 25.3 Å². The van der Waals surface area contributed by atoms with Gasteiger partial charge in [-0.2, -0.15) is 4.98 Å². The Labute approximate surface area is 126 Å². The van der Waals surface area contributed by atoms with Gasteiger partial charge in [0.05, 0.1) is 11.6 Å². The molecule has 0 fully saturated rings. The number of imidazole rings is 1. The molecule has 1 atom stereocenters. The van der Waals surface area contributed by atoms with Crippen molar-refractivity contribution < 1.29 is 4.79 Å². The normalized spacial score (nSPS) is 12.1.